The monoisotopic (exact) mass is 413 g/mol. The Morgan fingerprint density at radius 1 is 0.741 bits per heavy atom. The molecule has 0 spiro atoms. The molecule has 1 aliphatic carbocycles. The third kappa shape index (κ3) is 4.46. The topological polar surface area (TPSA) is 21.6 Å². The van der Waals surface area contributed by atoms with E-state index in [0.717, 1.165) is 18.8 Å². The summed E-state index contributed by atoms with van der Waals surface area (Å²) in [6, 6.07) is 9.72. The Morgan fingerprint density at radius 3 is 1.89 bits per heavy atom. The minimum atomic E-state index is -2.22. The predicted molar refractivity (Wildman–Crippen MR) is 96.9 cm³/mol. The van der Waals surface area contributed by atoms with Crippen LogP contribution in [0.15, 0.2) is 64.7 Å². The molecule has 0 heterocycles. The van der Waals surface area contributed by atoms with E-state index in [0.29, 0.717) is 5.71 Å². The lowest BCUT2D eigenvalue weighted by Gasteiger charge is -2.06. The Morgan fingerprint density at radius 2 is 1.30 bits per heavy atom. The lowest BCUT2D eigenvalue weighted by atomic mass is 10.2. The molecule has 0 saturated carbocycles. The van der Waals surface area contributed by atoms with Crippen molar-refractivity contribution in [1.29, 1.82) is 0 Å². The molecule has 27 heavy (non-hydrogen) atoms. The van der Waals surface area contributed by atoms with Crippen LogP contribution in [0, 0.1) is 29.1 Å². The Kier molecular flexibility index (Phi) is 6.08. The van der Waals surface area contributed by atoms with Crippen molar-refractivity contribution in [2.45, 2.75) is 4.90 Å². The maximum Gasteiger partial charge on any atom is 0.200 e. The van der Waals surface area contributed by atoms with E-state index in [4.69, 9.17) is 0 Å². The van der Waals surface area contributed by atoms with Gasteiger partial charge in [-0.2, -0.15) is 0 Å². The molecule has 0 N–H and O–H groups in total. The summed E-state index contributed by atoms with van der Waals surface area (Å²) in [5, 5.41) is 5.68. The first-order chi connectivity index (χ1) is 13.0. The third-order valence-corrected chi connectivity index (χ3v) is 5.08. The van der Waals surface area contributed by atoms with E-state index >= 15 is 0 Å². The van der Waals surface area contributed by atoms with Crippen molar-refractivity contribution in [3.63, 3.8) is 0 Å². The van der Waals surface area contributed by atoms with Crippen LogP contribution in [0.5, 0.6) is 0 Å². The molecule has 9 heteroatoms. The highest BCUT2D eigenvalue weighted by molar-refractivity contribution is 7.94. The number of halogens is 5. The summed E-state index contributed by atoms with van der Waals surface area (Å²) in [5.41, 5.74) is 0.318. The molecule has 2 nitrogen and oxygen atoms in total. The van der Waals surface area contributed by atoms with Gasteiger partial charge in [0.15, 0.2) is 23.3 Å². The molecular formula is C18H9F5NOPS. The van der Waals surface area contributed by atoms with Gasteiger partial charge in [-0.3, -0.25) is 0 Å². The maximum atomic E-state index is 13.5. The van der Waals surface area contributed by atoms with Gasteiger partial charge in [-0.25, -0.2) is 22.0 Å². The van der Waals surface area contributed by atoms with Gasteiger partial charge < -0.3 is 4.28 Å². The van der Waals surface area contributed by atoms with Crippen molar-refractivity contribution in [1.82, 2.24) is 0 Å². The summed E-state index contributed by atoms with van der Waals surface area (Å²) in [5.74, 6) is -10.2. The van der Waals surface area contributed by atoms with Gasteiger partial charge in [0.1, 0.15) is 22.6 Å². The van der Waals surface area contributed by atoms with Crippen LogP contribution in [-0.2, 0) is 4.28 Å². The SMILES string of the molecule is Fc1c(F)c(F)c(SON=C2C=CC(=Pc3ccccc3)C=C2)c(F)c1F. The first-order valence-corrected chi connectivity index (χ1v) is 9.04. The molecule has 138 valence electrons. The van der Waals surface area contributed by atoms with Crippen LogP contribution in [0.25, 0.3) is 0 Å². The molecule has 0 aliphatic heterocycles. The normalized spacial score (nSPS) is 13.4. The zero-order chi connectivity index (χ0) is 19.4. The second kappa shape index (κ2) is 8.50. The smallest absolute Gasteiger partial charge is 0.200 e. The molecule has 0 saturated heterocycles. The van der Waals surface area contributed by atoms with Gasteiger partial charge in [-0.15, -0.1) is 0 Å². The summed E-state index contributed by atoms with van der Waals surface area (Å²) >= 11 is -0.0527. The molecule has 0 bridgehead atoms. The van der Waals surface area contributed by atoms with Gasteiger partial charge in [0, 0.05) is 10.6 Å². The summed E-state index contributed by atoms with van der Waals surface area (Å²) < 4.78 is 70.9. The largest absolute Gasteiger partial charge is 0.316 e. The molecule has 0 aromatic heterocycles. The van der Waals surface area contributed by atoms with Crippen LogP contribution in [0.2, 0.25) is 0 Å². The second-order valence-corrected chi connectivity index (χ2v) is 7.09. The Balaban J connectivity index is 1.68. The third-order valence-electron chi connectivity index (χ3n) is 3.30. The summed E-state index contributed by atoms with van der Waals surface area (Å²) in [6.45, 7) is 0. The van der Waals surface area contributed by atoms with E-state index in [2.05, 4.69) is 9.44 Å². The standard InChI is InChI=1S/C18H9F5NOPS/c19-13-14(20)16(22)18(17(23)15(13)21)27-25-24-10-6-8-12(9-7-10)26-11-4-2-1-3-5-11/h1-9H. The quantitative estimate of drug-likeness (QED) is 0.169. The van der Waals surface area contributed by atoms with Gasteiger partial charge in [0.2, 0.25) is 5.82 Å². The van der Waals surface area contributed by atoms with Crippen LogP contribution in [0.1, 0.15) is 0 Å². The van der Waals surface area contributed by atoms with Crippen molar-refractivity contribution < 1.29 is 26.2 Å². The summed E-state index contributed by atoms with van der Waals surface area (Å²) in [6.07, 6.45) is 6.76. The minimum absolute atomic E-state index is 0.0527. The van der Waals surface area contributed by atoms with Crippen molar-refractivity contribution in [2.24, 2.45) is 5.16 Å². The number of nitrogens with zero attached hydrogens (tertiary/aromatic N) is 1. The fraction of sp³-hybridized carbons (Fsp3) is 0. The lowest BCUT2D eigenvalue weighted by molar-refractivity contribution is 0.352. The van der Waals surface area contributed by atoms with E-state index in [1.807, 2.05) is 30.3 Å². The van der Waals surface area contributed by atoms with Gasteiger partial charge in [-0.05, 0) is 24.3 Å². The van der Waals surface area contributed by atoms with E-state index in [9.17, 15) is 22.0 Å². The molecule has 0 atom stereocenters. The summed E-state index contributed by atoms with van der Waals surface area (Å²) in [7, 11) is 0.980. The van der Waals surface area contributed by atoms with Crippen molar-refractivity contribution in [2.75, 3.05) is 0 Å². The highest BCUT2D eigenvalue weighted by Gasteiger charge is 2.27. The van der Waals surface area contributed by atoms with Crippen molar-refractivity contribution in [3.05, 3.63) is 83.7 Å². The molecule has 0 amide bonds. The second-order valence-electron chi connectivity index (χ2n) is 5.11. The van der Waals surface area contributed by atoms with Crippen LogP contribution in [0.4, 0.5) is 22.0 Å². The maximum absolute atomic E-state index is 13.5. The van der Waals surface area contributed by atoms with Crippen molar-refractivity contribution >= 4 is 36.6 Å². The highest BCUT2D eigenvalue weighted by atomic mass is 32.2. The highest BCUT2D eigenvalue weighted by Crippen LogP contribution is 2.31. The van der Waals surface area contributed by atoms with Crippen LogP contribution in [0.3, 0.4) is 0 Å². The van der Waals surface area contributed by atoms with Gasteiger partial charge in [0.25, 0.3) is 0 Å². The number of oxime groups is 1. The van der Waals surface area contributed by atoms with Crippen LogP contribution >= 0.6 is 20.2 Å². The first kappa shape index (κ1) is 19.3. The minimum Gasteiger partial charge on any atom is -0.316 e. The number of hydrogen-bond donors (Lipinski definition) is 0. The molecule has 2 aromatic carbocycles. The fourth-order valence-electron chi connectivity index (χ4n) is 2.00. The average molecular weight is 413 g/mol. The van der Waals surface area contributed by atoms with Gasteiger partial charge in [0.05, 0.1) is 0 Å². The molecule has 0 fully saturated rings. The summed E-state index contributed by atoms with van der Waals surface area (Å²) in [4.78, 5) is -1.16. The molecule has 2 aromatic rings. The molecule has 1 aliphatic rings. The molecule has 0 radical (unpaired) electrons. The number of rotatable bonds is 4. The molecule has 0 unspecified atom stereocenters. The Bertz CT molecular complexity index is 942. The van der Waals surface area contributed by atoms with E-state index < -0.39 is 34.0 Å². The molecular weight excluding hydrogens is 404 g/mol. The average Bonchev–Trinajstić information content (AvgIpc) is 2.69. The zero-order valence-corrected chi connectivity index (χ0v) is 15.0. The number of allylic oxidation sites excluding steroid dienone is 4. The first-order valence-electron chi connectivity index (χ1n) is 7.40. The zero-order valence-electron chi connectivity index (χ0n) is 13.3. The van der Waals surface area contributed by atoms with E-state index in [1.165, 1.54) is 0 Å². The molecule has 3 rings (SSSR count). The fourth-order valence-corrected chi connectivity index (χ4v) is 3.44. The van der Waals surface area contributed by atoms with Crippen LogP contribution < -0.4 is 5.30 Å². The number of hydrogen-bond acceptors (Lipinski definition) is 3. The van der Waals surface area contributed by atoms with Gasteiger partial charge in [-0.1, -0.05) is 43.7 Å². The Hall–Kier alpha value is -2.44. The van der Waals surface area contributed by atoms with Gasteiger partial charge >= 0.3 is 0 Å². The van der Waals surface area contributed by atoms with Crippen LogP contribution in [-0.4, -0.2) is 11.0 Å². The van der Waals surface area contributed by atoms with E-state index in [1.54, 1.807) is 24.3 Å². The van der Waals surface area contributed by atoms with E-state index in [-0.39, 0.29) is 12.0 Å². The van der Waals surface area contributed by atoms with Crippen molar-refractivity contribution in [3.8, 4) is 0 Å². The predicted octanol–water partition coefficient (Wildman–Crippen LogP) is 5.33. The number of benzene rings is 2. The Labute approximate surface area is 157 Å². The lowest BCUT2D eigenvalue weighted by Crippen LogP contribution is -2.03.